The lowest BCUT2D eigenvalue weighted by Gasteiger charge is -2.09. The van der Waals surface area contributed by atoms with Gasteiger partial charge in [0.15, 0.2) is 11.6 Å². The van der Waals surface area contributed by atoms with E-state index >= 15 is 0 Å². The largest absolute Gasteiger partial charge is 0.379 e. The molecule has 106 valence electrons. The van der Waals surface area contributed by atoms with Crippen LogP contribution in [0.25, 0.3) is 0 Å². The Bertz CT molecular complexity index is 757. The smallest absolute Gasteiger partial charge is 0.339 e. The Morgan fingerprint density at radius 2 is 1.65 bits per heavy atom. The summed E-state index contributed by atoms with van der Waals surface area (Å²) in [6, 6.07) is 5.47. The SMILES string of the molecule is Cc1ccc(F)cc1S(=O)(=O)Oc1ccc(F)c(F)c1. The normalized spacial score (nSPS) is 11.4. The lowest BCUT2D eigenvalue weighted by molar-refractivity contribution is 0.471. The Labute approximate surface area is 113 Å². The molecule has 0 atom stereocenters. The second-order valence-corrected chi connectivity index (χ2v) is 5.54. The third-order valence-electron chi connectivity index (χ3n) is 2.52. The number of benzene rings is 2. The van der Waals surface area contributed by atoms with E-state index in [1.54, 1.807) is 0 Å². The lowest BCUT2D eigenvalue weighted by atomic mass is 10.2. The molecule has 0 N–H and O–H groups in total. The highest BCUT2D eigenvalue weighted by Gasteiger charge is 2.20. The minimum Gasteiger partial charge on any atom is -0.379 e. The summed E-state index contributed by atoms with van der Waals surface area (Å²) in [5.74, 6) is -3.51. The van der Waals surface area contributed by atoms with Crippen LogP contribution in [0, 0.1) is 24.4 Å². The molecule has 0 amide bonds. The average Bonchev–Trinajstić information content (AvgIpc) is 2.36. The number of hydrogen-bond acceptors (Lipinski definition) is 3. The molecule has 0 fully saturated rings. The Morgan fingerprint density at radius 3 is 2.30 bits per heavy atom. The van der Waals surface area contributed by atoms with Gasteiger partial charge in [-0.2, -0.15) is 8.42 Å². The van der Waals surface area contributed by atoms with Crippen LogP contribution in [0.1, 0.15) is 5.56 Å². The molecule has 0 bridgehead atoms. The van der Waals surface area contributed by atoms with Gasteiger partial charge in [-0.1, -0.05) is 6.07 Å². The quantitative estimate of drug-likeness (QED) is 0.818. The van der Waals surface area contributed by atoms with Gasteiger partial charge in [-0.3, -0.25) is 0 Å². The Hall–Kier alpha value is -2.02. The molecule has 0 saturated heterocycles. The highest BCUT2D eigenvalue weighted by atomic mass is 32.2. The molecular weight excluding hydrogens is 293 g/mol. The minimum absolute atomic E-state index is 0.272. The van der Waals surface area contributed by atoms with Crippen molar-refractivity contribution >= 4 is 10.1 Å². The van der Waals surface area contributed by atoms with Crippen molar-refractivity contribution in [2.75, 3.05) is 0 Å². The van der Waals surface area contributed by atoms with Crippen molar-refractivity contribution in [3.63, 3.8) is 0 Å². The predicted octanol–water partition coefficient (Wildman–Crippen LogP) is 3.18. The highest BCUT2D eigenvalue weighted by molar-refractivity contribution is 7.87. The molecule has 0 spiro atoms. The van der Waals surface area contributed by atoms with Crippen molar-refractivity contribution in [2.24, 2.45) is 0 Å². The van der Waals surface area contributed by atoms with Gasteiger partial charge in [0, 0.05) is 6.07 Å². The fourth-order valence-corrected chi connectivity index (χ4v) is 2.71. The van der Waals surface area contributed by atoms with E-state index in [1.165, 1.54) is 13.0 Å². The first-order valence-corrected chi connectivity index (χ1v) is 6.86. The number of aryl methyl sites for hydroxylation is 1. The first kappa shape index (κ1) is 14.4. The van der Waals surface area contributed by atoms with Gasteiger partial charge in [0.2, 0.25) is 0 Å². The van der Waals surface area contributed by atoms with Crippen LogP contribution in [0.3, 0.4) is 0 Å². The Kier molecular flexibility index (Phi) is 3.71. The highest BCUT2D eigenvalue weighted by Crippen LogP contribution is 2.23. The van der Waals surface area contributed by atoms with Crippen LogP contribution < -0.4 is 4.18 Å². The van der Waals surface area contributed by atoms with E-state index in [4.69, 9.17) is 0 Å². The summed E-state index contributed by atoms with van der Waals surface area (Å²) in [4.78, 5) is -0.373. The summed E-state index contributed by atoms with van der Waals surface area (Å²) in [6.45, 7) is 1.46. The van der Waals surface area contributed by atoms with Gasteiger partial charge in [-0.25, -0.2) is 13.2 Å². The summed E-state index contributed by atoms with van der Waals surface area (Å²) in [7, 11) is -4.33. The Balaban J connectivity index is 2.40. The lowest BCUT2D eigenvalue weighted by Crippen LogP contribution is -2.12. The van der Waals surface area contributed by atoms with Crippen molar-refractivity contribution in [3.05, 3.63) is 59.4 Å². The van der Waals surface area contributed by atoms with Crippen LogP contribution in [0.15, 0.2) is 41.3 Å². The second-order valence-electron chi connectivity index (χ2n) is 4.02. The average molecular weight is 302 g/mol. The number of hydrogen-bond donors (Lipinski definition) is 0. The van der Waals surface area contributed by atoms with Crippen molar-refractivity contribution in [3.8, 4) is 5.75 Å². The maximum atomic E-state index is 13.1. The van der Waals surface area contributed by atoms with Crippen LogP contribution in [0.4, 0.5) is 13.2 Å². The minimum atomic E-state index is -4.33. The maximum Gasteiger partial charge on any atom is 0.339 e. The van der Waals surface area contributed by atoms with Crippen LogP contribution in [-0.2, 0) is 10.1 Å². The molecule has 0 heterocycles. The van der Waals surface area contributed by atoms with E-state index in [1.807, 2.05) is 0 Å². The third kappa shape index (κ3) is 2.93. The van der Waals surface area contributed by atoms with Crippen LogP contribution in [0.5, 0.6) is 5.75 Å². The van der Waals surface area contributed by atoms with Gasteiger partial charge in [-0.05, 0) is 36.8 Å². The predicted molar refractivity (Wildman–Crippen MR) is 65.3 cm³/mol. The van der Waals surface area contributed by atoms with Crippen LogP contribution in [0.2, 0.25) is 0 Å². The van der Waals surface area contributed by atoms with Gasteiger partial charge in [0.1, 0.15) is 16.5 Å². The molecule has 0 aliphatic rings. The standard InChI is InChI=1S/C13H9F3O3S/c1-8-2-3-9(14)6-13(8)20(17,18)19-10-4-5-11(15)12(16)7-10/h2-7H,1H3. The zero-order valence-corrected chi connectivity index (χ0v) is 11.0. The van der Waals surface area contributed by atoms with E-state index in [0.717, 1.165) is 24.3 Å². The summed E-state index contributed by atoms with van der Waals surface area (Å²) in [5, 5.41) is 0. The first-order chi connectivity index (χ1) is 9.29. The van der Waals surface area contributed by atoms with Gasteiger partial charge < -0.3 is 4.18 Å². The molecule has 0 aliphatic heterocycles. The maximum absolute atomic E-state index is 13.1. The third-order valence-corrected chi connectivity index (χ3v) is 3.91. The first-order valence-electron chi connectivity index (χ1n) is 5.45. The summed E-state index contributed by atoms with van der Waals surface area (Å²) < 4.78 is 67.4. The van der Waals surface area contributed by atoms with E-state index in [-0.39, 0.29) is 10.5 Å². The molecule has 2 rings (SSSR count). The molecule has 20 heavy (non-hydrogen) atoms. The van der Waals surface area contributed by atoms with Gasteiger partial charge in [-0.15, -0.1) is 0 Å². The fraction of sp³-hybridized carbons (Fsp3) is 0.0769. The molecule has 7 heteroatoms. The monoisotopic (exact) mass is 302 g/mol. The van der Waals surface area contributed by atoms with E-state index in [0.29, 0.717) is 6.07 Å². The van der Waals surface area contributed by atoms with Crippen molar-refractivity contribution in [2.45, 2.75) is 11.8 Å². The molecule has 2 aromatic carbocycles. The second kappa shape index (κ2) is 5.16. The van der Waals surface area contributed by atoms with E-state index in [2.05, 4.69) is 4.18 Å². The molecule has 2 aromatic rings. The fourth-order valence-electron chi connectivity index (χ4n) is 1.54. The molecule has 3 nitrogen and oxygen atoms in total. The molecule has 0 saturated carbocycles. The summed E-state index contributed by atoms with van der Waals surface area (Å²) >= 11 is 0. The topological polar surface area (TPSA) is 43.4 Å². The number of rotatable bonds is 3. The van der Waals surface area contributed by atoms with Gasteiger partial charge >= 0.3 is 10.1 Å². The summed E-state index contributed by atoms with van der Waals surface area (Å²) in [5.41, 5.74) is 0.272. The number of halogens is 3. The zero-order valence-electron chi connectivity index (χ0n) is 10.2. The molecular formula is C13H9F3O3S. The molecule has 0 unspecified atom stereocenters. The molecule has 0 radical (unpaired) electrons. The Morgan fingerprint density at radius 1 is 0.950 bits per heavy atom. The van der Waals surface area contributed by atoms with E-state index < -0.39 is 33.3 Å². The zero-order chi connectivity index (χ0) is 14.9. The van der Waals surface area contributed by atoms with Crippen molar-refractivity contribution < 1.29 is 25.8 Å². The van der Waals surface area contributed by atoms with Gasteiger partial charge in [0.25, 0.3) is 0 Å². The summed E-state index contributed by atoms with van der Waals surface area (Å²) in [6.07, 6.45) is 0. The van der Waals surface area contributed by atoms with Gasteiger partial charge in [0.05, 0.1) is 0 Å². The van der Waals surface area contributed by atoms with Crippen LogP contribution in [-0.4, -0.2) is 8.42 Å². The van der Waals surface area contributed by atoms with Crippen LogP contribution >= 0.6 is 0 Å². The van der Waals surface area contributed by atoms with E-state index in [9.17, 15) is 21.6 Å². The molecule has 0 aromatic heterocycles. The van der Waals surface area contributed by atoms with Crippen molar-refractivity contribution in [1.29, 1.82) is 0 Å². The molecule has 0 aliphatic carbocycles. The van der Waals surface area contributed by atoms with Crippen molar-refractivity contribution in [1.82, 2.24) is 0 Å².